The summed E-state index contributed by atoms with van der Waals surface area (Å²) in [6, 6.07) is 12.4. The fourth-order valence-corrected chi connectivity index (χ4v) is 5.46. The average molecular weight is 535 g/mol. The zero-order chi connectivity index (χ0) is 27.8. The third-order valence-corrected chi connectivity index (χ3v) is 7.49. The molecule has 0 bridgehead atoms. The summed E-state index contributed by atoms with van der Waals surface area (Å²) in [6.07, 6.45) is 0.0382. The fraction of sp³-hybridized carbons (Fsp3) is 0.462. The van der Waals surface area contributed by atoms with Gasteiger partial charge in [-0.3, -0.25) is 19.7 Å². The first-order chi connectivity index (χ1) is 17.3. The van der Waals surface area contributed by atoms with Crippen molar-refractivity contribution in [2.24, 2.45) is 5.92 Å². The van der Waals surface area contributed by atoms with Gasteiger partial charge in [0, 0.05) is 12.6 Å². The molecule has 0 unspecified atom stereocenters. The van der Waals surface area contributed by atoms with E-state index in [1.54, 1.807) is 58.9 Å². The Morgan fingerprint density at radius 3 is 2.22 bits per heavy atom. The van der Waals surface area contributed by atoms with Gasteiger partial charge in [0.1, 0.15) is 18.2 Å². The number of sulfonamides is 1. The summed E-state index contributed by atoms with van der Waals surface area (Å²) in [5, 5.41) is 11.6. The lowest BCUT2D eigenvalue weighted by molar-refractivity contribution is -0.387. The molecule has 0 aliphatic rings. The maximum absolute atomic E-state index is 13.9. The molecule has 0 heterocycles. The second-order valence-electron chi connectivity index (χ2n) is 9.60. The maximum Gasteiger partial charge on any atom is 0.325 e. The molecule has 0 saturated carbocycles. The zero-order valence-electron chi connectivity index (χ0n) is 21.7. The van der Waals surface area contributed by atoms with Crippen LogP contribution in [0.2, 0.25) is 0 Å². The molecule has 37 heavy (non-hydrogen) atoms. The van der Waals surface area contributed by atoms with Gasteiger partial charge in [-0.15, -0.1) is 0 Å². The molecule has 2 rings (SSSR count). The smallest absolute Gasteiger partial charge is 0.325 e. The monoisotopic (exact) mass is 534 g/mol. The first-order valence-electron chi connectivity index (χ1n) is 12.0. The van der Waals surface area contributed by atoms with Gasteiger partial charge >= 0.3 is 11.9 Å². The molecule has 0 saturated heterocycles. The van der Waals surface area contributed by atoms with Gasteiger partial charge < -0.3 is 9.47 Å². The lowest BCUT2D eigenvalue weighted by atomic mass is 9.99. The number of ether oxygens (including phenoxy) is 2. The van der Waals surface area contributed by atoms with Crippen LogP contribution < -0.4 is 0 Å². The highest BCUT2D eigenvalue weighted by Gasteiger charge is 2.42. The first-order valence-corrected chi connectivity index (χ1v) is 13.4. The summed E-state index contributed by atoms with van der Waals surface area (Å²) in [4.78, 5) is 36.1. The van der Waals surface area contributed by atoms with Crippen LogP contribution in [-0.4, -0.2) is 47.8 Å². The second-order valence-corrected chi connectivity index (χ2v) is 11.5. The van der Waals surface area contributed by atoms with E-state index in [-0.39, 0.29) is 13.0 Å². The molecular formula is C26H34N2O8S. The van der Waals surface area contributed by atoms with Crippen LogP contribution >= 0.6 is 0 Å². The highest BCUT2D eigenvalue weighted by Crippen LogP contribution is 2.31. The Kier molecular flexibility index (Phi) is 10.3. The Labute approximate surface area is 217 Å². The number of rotatable bonds is 12. The van der Waals surface area contributed by atoms with E-state index in [0.29, 0.717) is 12.0 Å². The molecule has 0 N–H and O–H groups in total. The minimum Gasteiger partial charge on any atom is -0.460 e. The van der Waals surface area contributed by atoms with Crippen LogP contribution in [0.25, 0.3) is 0 Å². The van der Waals surface area contributed by atoms with Crippen LogP contribution in [0, 0.1) is 16.0 Å². The van der Waals surface area contributed by atoms with E-state index in [0.717, 1.165) is 16.4 Å². The summed E-state index contributed by atoms with van der Waals surface area (Å²) in [7, 11) is -4.62. The minimum atomic E-state index is -4.62. The molecule has 0 aromatic heterocycles. The molecule has 2 aromatic carbocycles. The van der Waals surface area contributed by atoms with Crippen LogP contribution in [0.15, 0.2) is 59.5 Å². The predicted molar refractivity (Wildman–Crippen MR) is 137 cm³/mol. The Hall–Kier alpha value is -3.31. The zero-order valence-corrected chi connectivity index (χ0v) is 22.6. The van der Waals surface area contributed by atoms with Gasteiger partial charge in [-0.1, -0.05) is 62.7 Å². The van der Waals surface area contributed by atoms with Crippen molar-refractivity contribution in [1.29, 1.82) is 0 Å². The van der Waals surface area contributed by atoms with Gasteiger partial charge in [-0.05, 0) is 38.3 Å². The highest BCUT2D eigenvalue weighted by atomic mass is 32.2. The molecule has 202 valence electrons. The van der Waals surface area contributed by atoms with Gasteiger partial charge in [-0.25, -0.2) is 8.42 Å². The molecule has 0 aliphatic carbocycles. The molecule has 10 nitrogen and oxygen atoms in total. The standard InChI is InChI=1S/C26H34N2O8S/c1-6-19(2)24(25(30)35-18-20-12-8-7-9-13-20)27(17-16-23(29)36-26(3,4)5)37(33,34)22-15-11-10-14-21(22)28(31)32/h7-15,19,24H,6,16-18H2,1-5H3/t19-,24-/m0/s1. The average Bonchev–Trinajstić information content (AvgIpc) is 2.84. The van der Waals surface area contributed by atoms with E-state index in [1.165, 1.54) is 12.1 Å². The van der Waals surface area contributed by atoms with Crippen LogP contribution in [0.4, 0.5) is 5.69 Å². The van der Waals surface area contributed by atoms with Crippen molar-refractivity contribution in [3.63, 3.8) is 0 Å². The molecule has 2 atom stereocenters. The lowest BCUT2D eigenvalue weighted by Gasteiger charge is -2.33. The Morgan fingerprint density at radius 1 is 1.05 bits per heavy atom. The van der Waals surface area contributed by atoms with E-state index < -0.39 is 61.6 Å². The number of carbonyl (C=O) groups is 2. The molecule has 11 heteroatoms. The van der Waals surface area contributed by atoms with Crippen molar-refractivity contribution >= 4 is 27.6 Å². The maximum atomic E-state index is 13.9. The summed E-state index contributed by atoms with van der Waals surface area (Å²) in [5.74, 6) is -2.01. The van der Waals surface area contributed by atoms with Crippen molar-refractivity contribution < 1.29 is 32.4 Å². The minimum absolute atomic E-state index is 0.0853. The summed E-state index contributed by atoms with van der Waals surface area (Å²) < 4.78 is 39.4. The SMILES string of the molecule is CC[C@H](C)[C@@H](C(=O)OCc1ccccc1)N(CCC(=O)OC(C)(C)C)S(=O)(=O)c1ccccc1[N+](=O)[O-]. The van der Waals surface area contributed by atoms with Crippen molar-refractivity contribution in [2.75, 3.05) is 6.54 Å². The van der Waals surface area contributed by atoms with E-state index in [9.17, 15) is 28.1 Å². The van der Waals surface area contributed by atoms with Crippen LogP contribution in [0.3, 0.4) is 0 Å². The highest BCUT2D eigenvalue weighted by molar-refractivity contribution is 7.89. The Bertz CT molecular complexity index is 1190. The number of nitro benzene ring substituents is 1. The molecule has 0 aliphatic heterocycles. The molecule has 0 fully saturated rings. The van der Waals surface area contributed by atoms with Gasteiger partial charge in [0.05, 0.1) is 11.3 Å². The number of benzene rings is 2. The number of hydrogen-bond acceptors (Lipinski definition) is 8. The molecule has 0 radical (unpaired) electrons. The predicted octanol–water partition coefficient (Wildman–Crippen LogP) is 4.48. The van der Waals surface area contributed by atoms with Crippen molar-refractivity contribution in [3.8, 4) is 0 Å². The van der Waals surface area contributed by atoms with Gasteiger partial charge in [-0.2, -0.15) is 4.31 Å². The molecular weight excluding hydrogens is 500 g/mol. The number of carbonyl (C=O) groups excluding carboxylic acids is 2. The summed E-state index contributed by atoms with van der Waals surface area (Å²) in [6.45, 7) is 7.98. The Balaban J connectivity index is 2.51. The van der Waals surface area contributed by atoms with Crippen molar-refractivity contribution in [1.82, 2.24) is 4.31 Å². The number of nitro groups is 1. The lowest BCUT2D eigenvalue weighted by Crippen LogP contribution is -2.50. The number of hydrogen-bond donors (Lipinski definition) is 0. The van der Waals surface area contributed by atoms with Crippen LogP contribution in [0.5, 0.6) is 0 Å². The van der Waals surface area contributed by atoms with Crippen molar-refractivity contribution in [3.05, 3.63) is 70.3 Å². The molecule has 2 aromatic rings. The molecule has 0 spiro atoms. The Morgan fingerprint density at radius 2 is 1.65 bits per heavy atom. The fourth-order valence-electron chi connectivity index (χ4n) is 3.63. The van der Waals surface area contributed by atoms with E-state index in [1.807, 2.05) is 6.07 Å². The number of nitrogens with zero attached hydrogens (tertiary/aromatic N) is 2. The van der Waals surface area contributed by atoms with E-state index >= 15 is 0 Å². The van der Waals surface area contributed by atoms with Crippen molar-refractivity contribution in [2.45, 2.75) is 70.6 Å². The van der Waals surface area contributed by atoms with Gasteiger partial charge in [0.15, 0.2) is 4.90 Å². The van der Waals surface area contributed by atoms with E-state index in [2.05, 4.69) is 0 Å². The first kappa shape index (κ1) is 29.9. The van der Waals surface area contributed by atoms with E-state index in [4.69, 9.17) is 9.47 Å². The normalized spacial score (nSPS) is 13.6. The summed E-state index contributed by atoms with van der Waals surface area (Å²) in [5.41, 5.74) is -0.727. The van der Waals surface area contributed by atoms with Crippen LogP contribution in [-0.2, 0) is 35.7 Å². The third kappa shape index (κ3) is 8.36. The topological polar surface area (TPSA) is 133 Å². The summed E-state index contributed by atoms with van der Waals surface area (Å²) >= 11 is 0. The second kappa shape index (κ2) is 12.8. The third-order valence-electron chi connectivity index (χ3n) is 5.56. The van der Waals surface area contributed by atoms with Crippen LogP contribution in [0.1, 0.15) is 53.0 Å². The van der Waals surface area contributed by atoms with Gasteiger partial charge in [0.2, 0.25) is 0 Å². The number of esters is 2. The largest absolute Gasteiger partial charge is 0.460 e. The van der Waals surface area contributed by atoms with Gasteiger partial charge in [0.25, 0.3) is 15.7 Å². The number of para-hydroxylation sites is 1. The molecule has 0 amide bonds. The quantitative estimate of drug-likeness (QED) is 0.221.